The smallest absolute Gasteiger partial charge is 0.240 e. The summed E-state index contributed by atoms with van der Waals surface area (Å²) in [4.78, 5) is -0.268. The lowest BCUT2D eigenvalue weighted by Crippen LogP contribution is -2.44. The van der Waals surface area contributed by atoms with E-state index in [0.717, 1.165) is 50.1 Å². The van der Waals surface area contributed by atoms with Crippen LogP contribution in [0.2, 0.25) is 0 Å². The van der Waals surface area contributed by atoms with Gasteiger partial charge in [0.1, 0.15) is 5.82 Å². The zero-order valence-corrected chi connectivity index (χ0v) is 16.2. The van der Waals surface area contributed by atoms with Crippen molar-refractivity contribution in [3.05, 3.63) is 24.0 Å². The Balaban J connectivity index is 0.00000312. The van der Waals surface area contributed by atoms with Gasteiger partial charge >= 0.3 is 0 Å². The monoisotopic (exact) mass is 415 g/mol. The third-order valence-electron chi connectivity index (χ3n) is 4.08. The van der Waals surface area contributed by atoms with Crippen LogP contribution in [0.25, 0.3) is 0 Å². The third-order valence-corrected chi connectivity index (χ3v) is 6.15. The second-order valence-corrected chi connectivity index (χ2v) is 9.49. The Kier molecular flexibility index (Phi) is 7.63. The van der Waals surface area contributed by atoms with E-state index in [-0.39, 0.29) is 35.5 Å². The van der Waals surface area contributed by atoms with Crippen LogP contribution in [0.3, 0.4) is 0 Å². The van der Waals surface area contributed by atoms with E-state index < -0.39 is 31.9 Å². The minimum absolute atomic E-state index is 0. The number of anilines is 1. The molecule has 0 amide bonds. The number of nitrogens with two attached hydrogens (primary N) is 1. The molecular formula is C14H23ClFN3O4S2. The number of sulfonamides is 2. The Labute approximate surface area is 154 Å². The highest BCUT2D eigenvalue weighted by Gasteiger charge is 2.28. The zero-order chi connectivity index (χ0) is 18.0. The van der Waals surface area contributed by atoms with Crippen LogP contribution in [0, 0.1) is 11.7 Å². The molecule has 2 rings (SSSR count). The van der Waals surface area contributed by atoms with Crippen molar-refractivity contribution in [2.75, 3.05) is 17.5 Å². The van der Waals surface area contributed by atoms with Crippen LogP contribution >= 0.6 is 12.4 Å². The van der Waals surface area contributed by atoms with Gasteiger partial charge in [0, 0.05) is 12.6 Å². The number of benzene rings is 1. The van der Waals surface area contributed by atoms with E-state index in [2.05, 4.69) is 4.72 Å². The lowest BCUT2D eigenvalue weighted by Gasteiger charge is -2.23. The average molecular weight is 416 g/mol. The second kappa shape index (κ2) is 8.63. The van der Waals surface area contributed by atoms with Gasteiger partial charge in [-0.2, -0.15) is 0 Å². The Morgan fingerprint density at radius 1 is 1.24 bits per heavy atom. The lowest BCUT2D eigenvalue weighted by atomic mass is 9.99. The molecule has 7 nitrogen and oxygen atoms in total. The molecule has 1 unspecified atom stereocenters. The summed E-state index contributed by atoms with van der Waals surface area (Å²) in [5.74, 6) is -0.783. The molecule has 1 saturated carbocycles. The van der Waals surface area contributed by atoms with Crippen molar-refractivity contribution in [3.63, 3.8) is 0 Å². The molecular weight excluding hydrogens is 393 g/mol. The average Bonchev–Trinajstić information content (AvgIpc) is 2.99. The van der Waals surface area contributed by atoms with Crippen LogP contribution in [-0.2, 0) is 20.0 Å². The fourth-order valence-corrected chi connectivity index (χ4v) is 4.80. The molecule has 1 fully saturated rings. The molecule has 1 aromatic rings. The van der Waals surface area contributed by atoms with E-state index in [1.165, 1.54) is 0 Å². The highest BCUT2D eigenvalue weighted by Crippen LogP contribution is 2.28. The predicted octanol–water partition coefficient (Wildman–Crippen LogP) is 1.41. The number of nitrogens with one attached hydrogen (secondary N) is 2. The molecule has 0 saturated heterocycles. The van der Waals surface area contributed by atoms with Gasteiger partial charge in [0.25, 0.3) is 0 Å². The van der Waals surface area contributed by atoms with Gasteiger partial charge in [-0.1, -0.05) is 12.8 Å². The second-order valence-electron chi connectivity index (χ2n) is 6.02. The van der Waals surface area contributed by atoms with Gasteiger partial charge in [-0.25, -0.2) is 25.9 Å². The summed E-state index contributed by atoms with van der Waals surface area (Å²) in [6.07, 6.45) is 4.80. The molecule has 1 atom stereocenters. The largest absolute Gasteiger partial charge is 0.329 e. The van der Waals surface area contributed by atoms with Gasteiger partial charge in [-0.15, -0.1) is 12.4 Å². The quantitative estimate of drug-likeness (QED) is 0.622. The van der Waals surface area contributed by atoms with Crippen LogP contribution < -0.4 is 15.2 Å². The maximum absolute atomic E-state index is 14.0. The van der Waals surface area contributed by atoms with E-state index in [0.29, 0.717) is 0 Å². The van der Waals surface area contributed by atoms with Gasteiger partial charge in [-0.3, -0.25) is 4.72 Å². The molecule has 4 N–H and O–H groups in total. The zero-order valence-electron chi connectivity index (χ0n) is 13.7. The predicted molar refractivity (Wildman–Crippen MR) is 97.2 cm³/mol. The summed E-state index contributed by atoms with van der Waals surface area (Å²) >= 11 is 0. The third kappa shape index (κ3) is 6.07. The van der Waals surface area contributed by atoms with Crippen LogP contribution in [0.4, 0.5) is 10.1 Å². The van der Waals surface area contributed by atoms with Gasteiger partial charge in [0.05, 0.1) is 16.8 Å². The highest BCUT2D eigenvalue weighted by molar-refractivity contribution is 7.92. The van der Waals surface area contributed by atoms with E-state index in [1.54, 1.807) is 0 Å². The van der Waals surface area contributed by atoms with Crippen LogP contribution in [0.1, 0.15) is 25.7 Å². The van der Waals surface area contributed by atoms with Crippen molar-refractivity contribution in [2.24, 2.45) is 11.7 Å². The number of hydrogen-bond donors (Lipinski definition) is 3. The van der Waals surface area contributed by atoms with Crippen LogP contribution in [-0.4, -0.2) is 35.7 Å². The summed E-state index contributed by atoms with van der Waals surface area (Å²) in [7, 11) is -7.59. The molecule has 11 heteroatoms. The molecule has 0 radical (unpaired) electrons. The normalized spacial score (nSPS) is 17.1. The Morgan fingerprint density at radius 3 is 2.32 bits per heavy atom. The molecule has 0 heterocycles. The van der Waals surface area contributed by atoms with Crippen molar-refractivity contribution in [3.8, 4) is 0 Å². The van der Waals surface area contributed by atoms with Gasteiger partial charge in [-0.05, 0) is 37.0 Å². The molecule has 1 aromatic carbocycles. The van der Waals surface area contributed by atoms with Crippen molar-refractivity contribution < 1.29 is 21.2 Å². The molecule has 1 aliphatic rings. The molecule has 1 aliphatic carbocycles. The maximum Gasteiger partial charge on any atom is 0.240 e. The molecule has 0 bridgehead atoms. The highest BCUT2D eigenvalue weighted by atomic mass is 35.5. The molecule has 0 aliphatic heterocycles. The van der Waals surface area contributed by atoms with Crippen LogP contribution in [0.5, 0.6) is 0 Å². The minimum atomic E-state index is -3.94. The summed E-state index contributed by atoms with van der Waals surface area (Å²) in [6.45, 7) is 0.167. The standard InChI is InChI=1S/C14H22FN3O4S2.ClH/c1-23(19,20)17-13-7-6-11(8-12(13)15)24(21,22)18-14(9-16)10-4-2-3-5-10;/h6-8,10,14,17-18H,2-5,9,16H2,1H3;1H. The summed E-state index contributed by atoms with van der Waals surface area (Å²) in [5.41, 5.74) is 5.38. The summed E-state index contributed by atoms with van der Waals surface area (Å²) in [6, 6.07) is 2.63. The molecule has 144 valence electrons. The summed E-state index contributed by atoms with van der Waals surface area (Å²) < 4.78 is 65.7. The number of rotatable bonds is 7. The number of halogens is 2. The minimum Gasteiger partial charge on any atom is -0.329 e. The SMILES string of the molecule is CS(=O)(=O)Nc1ccc(S(=O)(=O)NC(CN)C2CCCC2)cc1F.Cl. The molecule has 0 spiro atoms. The van der Waals surface area contributed by atoms with Crippen molar-refractivity contribution in [1.29, 1.82) is 0 Å². The molecule has 0 aromatic heterocycles. The Bertz CT molecular complexity index is 796. The van der Waals surface area contributed by atoms with Crippen molar-refractivity contribution in [1.82, 2.24) is 4.72 Å². The number of hydrogen-bond acceptors (Lipinski definition) is 5. The van der Waals surface area contributed by atoms with E-state index in [9.17, 15) is 21.2 Å². The molecule has 25 heavy (non-hydrogen) atoms. The van der Waals surface area contributed by atoms with Crippen LogP contribution in [0.15, 0.2) is 23.1 Å². The lowest BCUT2D eigenvalue weighted by molar-refractivity contribution is 0.405. The Hall–Kier alpha value is -0.940. The maximum atomic E-state index is 14.0. The van der Waals surface area contributed by atoms with Gasteiger partial charge < -0.3 is 5.73 Å². The fraction of sp³-hybridized carbons (Fsp3) is 0.571. The summed E-state index contributed by atoms with van der Waals surface area (Å²) in [5, 5.41) is 0. The van der Waals surface area contributed by atoms with E-state index >= 15 is 0 Å². The first-order chi connectivity index (χ1) is 11.1. The first-order valence-electron chi connectivity index (χ1n) is 7.62. The Morgan fingerprint density at radius 2 is 1.84 bits per heavy atom. The van der Waals surface area contributed by atoms with Gasteiger partial charge in [0.15, 0.2) is 0 Å². The van der Waals surface area contributed by atoms with Crippen molar-refractivity contribution in [2.45, 2.75) is 36.6 Å². The van der Waals surface area contributed by atoms with Gasteiger partial charge in [0.2, 0.25) is 20.0 Å². The van der Waals surface area contributed by atoms with Crippen molar-refractivity contribution >= 4 is 38.1 Å². The first-order valence-corrected chi connectivity index (χ1v) is 11.0. The first kappa shape index (κ1) is 22.1. The van der Waals surface area contributed by atoms with E-state index in [4.69, 9.17) is 5.73 Å². The topological polar surface area (TPSA) is 118 Å². The van der Waals surface area contributed by atoms with E-state index in [1.807, 2.05) is 4.72 Å². The fourth-order valence-electron chi connectivity index (χ4n) is 2.91.